The molecule has 0 unspecified atom stereocenters. The molecule has 2 amide bonds. The number of carbonyl (C=O) groups is 2. The van der Waals surface area contributed by atoms with Gasteiger partial charge in [-0.2, -0.15) is 5.10 Å². The van der Waals surface area contributed by atoms with E-state index < -0.39 is 5.91 Å². The lowest BCUT2D eigenvalue weighted by Gasteiger charge is -2.18. The number of aromatic nitrogens is 3. The van der Waals surface area contributed by atoms with E-state index in [9.17, 15) is 9.59 Å². The smallest absolute Gasteiger partial charge is 0.270 e. The van der Waals surface area contributed by atoms with Gasteiger partial charge in [-0.15, -0.1) is 0 Å². The van der Waals surface area contributed by atoms with Gasteiger partial charge < -0.3 is 10.2 Å². The summed E-state index contributed by atoms with van der Waals surface area (Å²) in [7, 11) is 1.70. The topological polar surface area (TPSA) is 80.1 Å². The van der Waals surface area contributed by atoms with E-state index in [1.165, 1.54) is 12.3 Å². The van der Waals surface area contributed by atoms with Gasteiger partial charge in [0.1, 0.15) is 5.69 Å². The Kier molecular flexibility index (Phi) is 6.29. The van der Waals surface area contributed by atoms with Crippen molar-refractivity contribution in [2.45, 2.75) is 20.4 Å². The van der Waals surface area contributed by atoms with Crippen molar-refractivity contribution in [2.24, 2.45) is 0 Å². The average Bonchev–Trinajstić information content (AvgIpc) is 3.00. The van der Waals surface area contributed by atoms with Crippen molar-refractivity contribution in [1.82, 2.24) is 25.0 Å². The van der Waals surface area contributed by atoms with E-state index in [1.54, 1.807) is 18.0 Å². The third kappa shape index (κ3) is 4.81. The number of aryl methyl sites for hydroxylation is 1. The van der Waals surface area contributed by atoms with E-state index in [-0.39, 0.29) is 18.1 Å². The van der Waals surface area contributed by atoms with Gasteiger partial charge in [-0.3, -0.25) is 14.6 Å². The number of hydrogen-bond acceptors (Lipinski definition) is 4. The van der Waals surface area contributed by atoms with E-state index in [0.717, 1.165) is 22.6 Å². The van der Waals surface area contributed by atoms with Crippen molar-refractivity contribution < 1.29 is 9.59 Å². The number of para-hydroxylation sites is 1. The number of likely N-dealkylation sites (N-methyl/N-ethyl adjacent to an activating group) is 1. The van der Waals surface area contributed by atoms with Gasteiger partial charge in [-0.05, 0) is 38.1 Å². The molecule has 3 rings (SSSR count). The second-order valence-electron chi connectivity index (χ2n) is 6.69. The van der Waals surface area contributed by atoms with Crippen LogP contribution in [-0.4, -0.2) is 45.1 Å². The summed E-state index contributed by atoms with van der Waals surface area (Å²) in [6, 6.07) is 12.9. The molecule has 8 heteroatoms. The fourth-order valence-electron chi connectivity index (χ4n) is 2.96. The molecule has 29 heavy (non-hydrogen) atoms. The molecule has 0 bridgehead atoms. The van der Waals surface area contributed by atoms with Gasteiger partial charge in [0.2, 0.25) is 5.91 Å². The summed E-state index contributed by atoms with van der Waals surface area (Å²) in [4.78, 5) is 30.1. The first-order chi connectivity index (χ1) is 13.9. The van der Waals surface area contributed by atoms with Gasteiger partial charge in [0.15, 0.2) is 0 Å². The summed E-state index contributed by atoms with van der Waals surface area (Å²) in [5, 5.41) is 7.60. The Bertz CT molecular complexity index is 1030. The van der Waals surface area contributed by atoms with Crippen molar-refractivity contribution in [3.8, 4) is 5.69 Å². The van der Waals surface area contributed by atoms with Gasteiger partial charge in [-0.1, -0.05) is 29.8 Å². The number of halogens is 1. The Morgan fingerprint density at radius 2 is 1.90 bits per heavy atom. The summed E-state index contributed by atoms with van der Waals surface area (Å²) in [5.41, 5.74) is 3.95. The Morgan fingerprint density at radius 3 is 2.59 bits per heavy atom. The normalized spacial score (nSPS) is 10.6. The minimum Gasteiger partial charge on any atom is -0.342 e. The molecule has 0 atom stereocenters. The van der Waals surface area contributed by atoms with Crippen LogP contribution in [0.2, 0.25) is 5.02 Å². The lowest BCUT2D eigenvalue weighted by atomic mass is 10.2. The first kappa shape index (κ1) is 20.5. The summed E-state index contributed by atoms with van der Waals surface area (Å²) >= 11 is 5.87. The highest BCUT2D eigenvalue weighted by atomic mass is 35.5. The monoisotopic (exact) mass is 411 g/mol. The summed E-state index contributed by atoms with van der Waals surface area (Å²) in [6.45, 7) is 4.17. The Labute approximate surface area is 174 Å². The molecule has 0 saturated heterocycles. The standard InChI is InChI=1S/C21H22ClN5O2/c1-14-18(15(2)27(25-14)17-7-5-4-6-8-17)13-26(3)20(28)12-24-21(29)19-11-16(22)9-10-23-19/h4-11H,12-13H2,1-3H3,(H,24,29). The number of carbonyl (C=O) groups excluding carboxylic acids is 2. The Hall–Kier alpha value is -3.19. The van der Waals surface area contributed by atoms with E-state index in [2.05, 4.69) is 15.4 Å². The molecule has 0 spiro atoms. The number of hydrogen-bond donors (Lipinski definition) is 1. The third-order valence-electron chi connectivity index (χ3n) is 4.62. The summed E-state index contributed by atoms with van der Waals surface area (Å²) in [5.74, 6) is -0.662. The van der Waals surface area contributed by atoms with Crippen LogP contribution in [0.3, 0.4) is 0 Å². The van der Waals surface area contributed by atoms with E-state index in [0.29, 0.717) is 11.6 Å². The van der Waals surface area contributed by atoms with Crippen molar-refractivity contribution in [2.75, 3.05) is 13.6 Å². The van der Waals surface area contributed by atoms with Gasteiger partial charge >= 0.3 is 0 Å². The van der Waals surface area contributed by atoms with E-state index >= 15 is 0 Å². The zero-order valence-electron chi connectivity index (χ0n) is 16.5. The molecule has 0 aliphatic heterocycles. The molecule has 0 aliphatic rings. The van der Waals surface area contributed by atoms with Gasteiger partial charge in [-0.25, -0.2) is 4.68 Å². The zero-order chi connectivity index (χ0) is 21.0. The van der Waals surface area contributed by atoms with E-state index in [4.69, 9.17) is 11.6 Å². The molecule has 0 aliphatic carbocycles. The number of nitrogens with one attached hydrogen (secondary N) is 1. The van der Waals surface area contributed by atoms with Crippen LogP contribution in [0.15, 0.2) is 48.7 Å². The zero-order valence-corrected chi connectivity index (χ0v) is 17.3. The maximum Gasteiger partial charge on any atom is 0.270 e. The molecule has 3 aromatic rings. The largest absolute Gasteiger partial charge is 0.342 e. The minimum absolute atomic E-state index is 0.131. The second kappa shape index (κ2) is 8.87. The fourth-order valence-corrected chi connectivity index (χ4v) is 3.12. The molecule has 1 N–H and O–H groups in total. The molecular weight excluding hydrogens is 390 g/mol. The van der Waals surface area contributed by atoms with Gasteiger partial charge in [0.25, 0.3) is 5.91 Å². The predicted octanol–water partition coefficient (Wildman–Crippen LogP) is 2.93. The number of amides is 2. The molecule has 2 heterocycles. The molecule has 2 aromatic heterocycles. The third-order valence-corrected chi connectivity index (χ3v) is 4.85. The van der Waals surface area contributed by atoms with Crippen molar-refractivity contribution in [3.63, 3.8) is 0 Å². The van der Waals surface area contributed by atoms with Crippen LogP contribution >= 0.6 is 11.6 Å². The second-order valence-corrected chi connectivity index (χ2v) is 7.12. The van der Waals surface area contributed by atoms with E-state index in [1.807, 2.05) is 48.9 Å². The number of pyridine rings is 1. The number of rotatable bonds is 6. The Morgan fingerprint density at radius 1 is 1.17 bits per heavy atom. The highest BCUT2D eigenvalue weighted by Gasteiger charge is 2.18. The van der Waals surface area contributed by atoms with Crippen LogP contribution in [0.25, 0.3) is 5.69 Å². The quantitative estimate of drug-likeness (QED) is 0.676. The average molecular weight is 412 g/mol. The molecule has 1 aromatic carbocycles. The first-order valence-corrected chi connectivity index (χ1v) is 9.49. The summed E-state index contributed by atoms with van der Waals surface area (Å²) < 4.78 is 1.87. The molecule has 7 nitrogen and oxygen atoms in total. The number of benzene rings is 1. The van der Waals surface area contributed by atoms with Crippen molar-refractivity contribution in [3.05, 3.63) is 76.3 Å². The number of nitrogens with zero attached hydrogens (tertiary/aromatic N) is 4. The minimum atomic E-state index is -0.446. The Balaban J connectivity index is 1.64. The maximum absolute atomic E-state index is 12.5. The van der Waals surface area contributed by atoms with Gasteiger partial charge in [0, 0.05) is 36.1 Å². The predicted molar refractivity (Wildman–Crippen MR) is 111 cm³/mol. The molecular formula is C21H22ClN5O2. The van der Waals surface area contributed by atoms with Crippen LogP contribution < -0.4 is 5.32 Å². The lowest BCUT2D eigenvalue weighted by Crippen LogP contribution is -2.38. The van der Waals surface area contributed by atoms with Crippen LogP contribution in [0.1, 0.15) is 27.4 Å². The molecule has 0 fully saturated rings. The molecule has 0 radical (unpaired) electrons. The molecule has 150 valence electrons. The van der Waals surface area contributed by atoms with Crippen molar-refractivity contribution >= 4 is 23.4 Å². The highest BCUT2D eigenvalue weighted by molar-refractivity contribution is 6.30. The van der Waals surface area contributed by atoms with Crippen molar-refractivity contribution in [1.29, 1.82) is 0 Å². The fraction of sp³-hybridized carbons (Fsp3) is 0.238. The summed E-state index contributed by atoms with van der Waals surface area (Å²) in [6.07, 6.45) is 1.45. The van der Waals surface area contributed by atoms with Crippen LogP contribution in [-0.2, 0) is 11.3 Å². The van der Waals surface area contributed by atoms with Crippen LogP contribution in [0, 0.1) is 13.8 Å². The van der Waals surface area contributed by atoms with Crippen LogP contribution in [0.5, 0.6) is 0 Å². The SMILES string of the molecule is Cc1nn(-c2ccccc2)c(C)c1CN(C)C(=O)CNC(=O)c1cc(Cl)ccn1. The maximum atomic E-state index is 12.5. The van der Waals surface area contributed by atoms with Gasteiger partial charge in [0.05, 0.1) is 17.9 Å². The first-order valence-electron chi connectivity index (χ1n) is 9.11. The highest BCUT2D eigenvalue weighted by Crippen LogP contribution is 2.19. The van der Waals surface area contributed by atoms with Crippen LogP contribution in [0.4, 0.5) is 0 Å². The molecule has 0 saturated carbocycles. The lowest BCUT2D eigenvalue weighted by molar-refractivity contribution is -0.129.